The molecule has 0 aliphatic rings. The van der Waals surface area contributed by atoms with Crippen molar-refractivity contribution in [3.8, 4) is 0 Å². The highest BCUT2D eigenvalue weighted by atomic mass is 79.9. The fourth-order valence-corrected chi connectivity index (χ4v) is 2.12. The van der Waals surface area contributed by atoms with Crippen molar-refractivity contribution < 1.29 is 4.79 Å². The van der Waals surface area contributed by atoms with Crippen molar-refractivity contribution in [2.24, 2.45) is 0 Å². The van der Waals surface area contributed by atoms with Gasteiger partial charge in [-0.25, -0.2) is 4.98 Å². The lowest BCUT2D eigenvalue weighted by molar-refractivity contribution is 0.112. The number of hydrogen-bond acceptors (Lipinski definition) is 2. The van der Waals surface area contributed by atoms with Crippen LogP contribution in [-0.4, -0.2) is 11.3 Å². The Kier molecular flexibility index (Phi) is 2.52. The van der Waals surface area contributed by atoms with Crippen LogP contribution in [0.5, 0.6) is 0 Å². The van der Waals surface area contributed by atoms with Gasteiger partial charge in [0.15, 0.2) is 6.29 Å². The molecular weight excluding hydrogens is 265 g/mol. The van der Waals surface area contributed by atoms with Crippen LogP contribution in [0.2, 0.25) is 5.15 Å². The van der Waals surface area contributed by atoms with Crippen molar-refractivity contribution >= 4 is 44.6 Å². The third-order valence-corrected chi connectivity index (χ3v) is 2.93. The molecule has 0 saturated carbocycles. The van der Waals surface area contributed by atoms with Gasteiger partial charge in [-0.05, 0) is 6.07 Å². The number of halogens is 2. The van der Waals surface area contributed by atoms with Crippen molar-refractivity contribution in [1.29, 1.82) is 0 Å². The van der Waals surface area contributed by atoms with Gasteiger partial charge in [0.1, 0.15) is 5.15 Å². The molecule has 0 aliphatic carbocycles. The number of rotatable bonds is 1. The van der Waals surface area contributed by atoms with Gasteiger partial charge in [-0.1, -0.05) is 39.7 Å². The lowest BCUT2D eigenvalue weighted by Crippen LogP contribution is -1.89. The highest BCUT2D eigenvalue weighted by molar-refractivity contribution is 9.10. The number of nitrogens with zero attached hydrogens (tertiary/aromatic N) is 1. The molecule has 2 aromatic rings. The van der Waals surface area contributed by atoms with Crippen LogP contribution in [0.3, 0.4) is 0 Å². The number of aromatic nitrogens is 1. The summed E-state index contributed by atoms with van der Waals surface area (Å²) in [6.45, 7) is 0. The molecule has 0 unspecified atom stereocenters. The first-order chi connectivity index (χ1) is 6.74. The number of hydrogen-bond donors (Lipinski definition) is 0. The van der Waals surface area contributed by atoms with Gasteiger partial charge >= 0.3 is 0 Å². The quantitative estimate of drug-likeness (QED) is 0.587. The molecule has 0 aliphatic heterocycles. The van der Waals surface area contributed by atoms with E-state index in [2.05, 4.69) is 20.9 Å². The van der Waals surface area contributed by atoms with E-state index in [-0.39, 0.29) is 5.15 Å². The average Bonchev–Trinajstić information content (AvgIpc) is 2.19. The van der Waals surface area contributed by atoms with Gasteiger partial charge in [0.05, 0.1) is 5.56 Å². The second kappa shape index (κ2) is 3.67. The van der Waals surface area contributed by atoms with E-state index in [0.29, 0.717) is 5.56 Å². The Labute approximate surface area is 94.0 Å². The summed E-state index contributed by atoms with van der Waals surface area (Å²) in [7, 11) is 0. The van der Waals surface area contributed by atoms with Crippen molar-refractivity contribution in [2.75, 3.05) is 0 Å². The maximum Gasteiger partial charge on any atom is 0.153 e. The van der Waals surface area contributed by atoms with Gasteiger partial charge in [-0.3, -0.25) is 4.79 Å². The number of pyridine rings is 1. The third-order valence-electron chi connectivity index (χ3n) is 1.97. The van der Waals surface area contributed by atoms with Gasteiger partial charge < -0.3 is 0 Å². The molecule has 0 bridgehead atoms. The predicted molar refractivity (Wildman–Crippen MR) is 59.8 cm³/mol. The van der Waals surface area contributed by atoms with Crippen LogP contribution in [-0.2, 0) is 0 Å². The van der Waals surface area contributed by atoms with Crippen molar-refractivity contribution in [3.63, 3.8) is 0 Å². The van der Waals surface area contributed by atoms with Gasteiger partial charge in [-0.2, -0.15) is 0 Å². The fraction of sp³-hybridized carbons (Fsp3) is 0. The van der Waals surface area contributed by atoms with Crippen LogP contribution in [0.4, 0.5) is 0 Å². The highest BCUT2D eigenvalue weighted by Crippen LogP contribution is 2.28. The molecule has 1 aromatic heterocycles. The molecule has 2 rings (SSSR count). The Morgan fingerprint density at radius 3 is 2.93 bits per heavy atom. The molecule has 2 nitrogen and oxygen atoms in total. The third kappa shape index (κ3) is 1.42. The summed E-state index contributed by atoms with van der Waals surface area (Å²) in [6.07, 6.45) is 2.37. The SMILES string of the molecule is O=Cc1c(Cl)ncc2cccc(Br)c12. The van der Waals surface area contributed by atoms with Crippen molar-refractivity contribution in [2.45, 2.75) is 0 Å². The van der Waals surface area contributed by atoms with Crippen LogP contribution in [0.25, 0.3) is 10.8 Å². The minimum Gasteiger partial charge on any atom is -0.298 e. The molecule has 0 atom stereocenters. The first-order valence-electron chi connectivity index (χ1n) is 3.92. The van der Waals surface area contributed by atoms with E-state index in [1.807, 2.05) is 18.2 Å². The molecule has 0 amide bonds. The number of benzene rings is 1. The standard InChI is InChI=1S/C10H5BrClNO/c11-8-3-1-2-6-4-13-10(12)7(5-14)9(6)8/h1-5H. The summed E-state index contributed by atoms with van der Waals surface area (Å²) >= 11 is 9.19. The largest absolute Gasteiger partial charge is 0.298 e. The van der Waals surface area contributed by atoms with E-state index in [1.165, 1.54) is 0 Å². The average molecular weight is 271 g/mol. The van der Waals surface area contributed by atoms with Crippen LogP contribution in [0.1, 0.15) is 10.4 Å². The van der Waals surface area contributed by atoms with Crippen LogP contribution >= 0.6 is 27.5 Å². The Balaban J connectivity index is 2.98. The van der Waals surface area contributed by atoms with E-state index >= 15 is 0 Å². The topological polar surface area (TPSA) is 30.0 Å². The normalized spacial score (nSPS) is 10.4. The second-order valence-corrected chi connectivity index (χ2v) is 4.00. The molecule has 1 aromatic carbocycles. The predicted octanol–water partition coefficient (Wildman–Crippen LogP) is 3.46. The molecule has 4 heteroatoms. The lowest BCUT2D eigenvalue weighted by atomic mass is 10.1. The molecule has 0 N–H and O–H groups in total. The first kappa shape index (κ1) is 9.62. The smallest absolute Gasteiger partial charge is 0.153 e. The molecule has 0 saturated heterocycles. The Hall–Kier alpha value is -0.930. The van der Waals surface area contributed by atoms with Crippen LogP contribution < -0.4 is 0 Å². The second-order valence-electron chi connectivity index (χ2n) is 2.78. The summed E-state index contributed by atoms with van der Waals surface area (Å²) in [4.78, 5) is 14.8. The van der Waals surface area contributed by atoms with E-state index < -0.39 is 0 Å². The number of fused-ring (bicyclic) bond motifs is 1. The van der Waals surface area contributed by atoms with E-state index in [9.17, 15) is 4.79 Å². The van der Waals surface area contributed by atoms with Crippen LogP contribution in [0, 0.1) is 0 Å². The highest BCUT2D eigenvalue weighted by Gasteiger charge is 2.08. The van der Waals surface area contributed by atoms with E-state index in [4.69, 9.17) is 11.6 Å². The fourth-order valence-electron chi connectivity index (χ4n) is 1.34. The summed E-state index contributed by atoms with van der Waals surface area (Å²) in [6, 6.07) is 5.64. The molecule has 70 valence electrons. The first-order valence-corrected chi connectivity index (χ1v) is 5.09. The summed E-state index contributed by atoms with van der Waals surface area (Å²) in [5, 5.41) is 1.94. The maximum absolute atomic E-state index is 10.8. The summed E-state index contributed by atoms with van der Waals surface area (Å²) in [5.41, 5.74) is 0.427. The maximum atomic E-state index is 10.8. The Bertz CT molecular complexity index is 513. The Morgan fingerprint density at radius 1 is 1.43 bits per heavy atom. The zero-order valence-corrected chi connectivity index (χ0v) is 9.34. The van der Waals surface area contributed by atoms with Gasteiger partial charge in [-0.15, -0.1) is 0 Å². The molecular formula is C10H5BrClNO. The van der Waals surface area contributed by atoms with Crippen molar-refractivity contribution in [3.05, 3.63) is 39.6 Å². The molecule has 14 heavy (non-hydrogen) atoms. The summed E-state index contributed by atoms with van der Waals surface area (Å²) in [5.74, 6) is 0. The number of carbonyl (C=O) groups is 1. The minimum absolute atomic E-state index is 0.236. The van der Waals surface area contributed by atoms with E-state index in [0.717, 1.165) is 21.5 Å². The number of aldehydes is 1. The minimum atomic E-state index is 0.236. The zero-order valence-electron chi connectivity index (χ0n) is 7.00. The Morgan fingerprint density at radius 2 is 2.21 bits per heavy atom. The summed E-state index contributed by atoms with van der Waals surface area (Å²) < 4.78 is 0.849. The number of carbonyl (C=O) groups excluding carboxylic acids is 1. The van der Waals surface area contributed by atoms with Gasteiger partial charge in [0, 0.05) is 21.4 Å². The van der Waals surface area contributed by atoms with Crippen LogP contribution in [0.15, 0.2) is 28.9 Å². The molecule has 0 spiro atoms. The lowest BCUT2D eigenvalue weighted by Gasteiger charge is -2.03. The zero-order chi connectivity index (χ0) is 10.1. The monoisotopic (exact) mass is 269 g/mol. The van der Waals surface area contributed by atoms with Gasteiger partial charge in [0.2, 0.25) is 0 Å². The van der Waals surface area contributed by atoms with Gasteiger partial charge in [0.25, 0.3) is 0 Å². The molecule has 0 radical (unpaired) electrons. The molecule has 1 heterocycles. The van der Waals surface area contributed by atoms with E-state index in [1.54, 1.807) is 6.20 Å². The van der Waals surface area contributed by atoms with Crippen molar-refractivity contribution in [1.82, 2.24) is 4.98 Å². The molecule has 0 fully saturated rings.